The minimum atomic E-state index is -0.990. The van der Waals surface area contributed by atoms with Gasteiger partial charge in [0, 0.05) is 11.3 Å². The number of hydrogen-bond donors (Lipinski definition) is 0. The minimum absolute atomic E-state index is 0.400. The summed E-state index contributed by atoms with van der Waals surface area (Å²) in [5.74, 6) is -0.400. The zero-order chi connectivity index (χ0) is 12.2. The molecule has 0 spiro atoms. The van der Waals surface area contributed by atoms with Crippen LogP contribution in [0, 0.1) is 0 Å². The molecule has 1 rings (SSSR count). The SMILES string of the molecule is COC(=O)C(C)(Cl)Cc1ccc(SC)cc1. The van der Waals surface area contributed by atoms with E-state index < -0.39 is 10.8 Å². The van der Waals surface area contributed by atoms with Gasteiger partial charge in [0.15, 0.2) is 0 Å². The number of esters is 1. The van der Waals surface area contributed by atoms with Gasteiger partial charge in [0.25, 0.3) is 0 Å². The maximum Gasteiger partial charge on any atom is 0.326 e. The van der Waals surface area contributed by atoms with Gasteiger partial charge in [-0.2, -0.15) is 0 Å². The summed E-state index contributed by atoms with van der Waals surface area (Å²) in [6, 6.07) is 8.00. The number of thioether (sulfide) groups is 1. The molecule has 0 radical (unpaired) electrons. The van der Waals surface area contributed by atoms with Crippen LogP contribution in [-0.2, 0) is 16.0 Å². The summed E-state index contributed by atoms with van der Waals surface area (Å²) >= 11 is 7.80. The number of rotatable bonds is 4. The van der Waals surface area contributed by atoms with Crippen molar-refractivity contribution in [3.05, 3.63) is 29.8 Å². The van der Waals surface area contributed by atoms with E-state index in [-0.39, 0.29) is 0 Å². The van der Waals surface area contributed by atoms with Gasteiger partial charge in [0.2, 0.25) is 0 Å². The lowest BCUT2D eigenvalue weighted by Gasteiger charge is -2.18. The first-order valence-corrected chi connectivity index (χ1v) is 6.50. The van der Waals surface area contributed by atoms with Gasteiger partial charge in [-0.05, 0) is 30.9 Å². The molecule has 0 aromatic heterocycles. The van der Waals surface area contributed by atoms with Crippen molar-refractivity contribution in [2.75, 3.05) is 13.4 Å². The smallest absolute Gasteiger partial charge is 0.326 e. The Hall–Kier alpha value is -0.670. The van der Waals surface area contributed by atoms with Gasteiger partial charge in [-0.3, -0.25) is 4.79 Å². The lowest BCUT2D eigenvalue weighted by Crippen LogP contribution is -2.32. The molecule has 1 aromatic rings. The Bertz CT molecular complexity index is 360. The van der Waals surface area contributed by atoms with E-state index in [1.165, 1.54) is 12.0 Å². The zero-order valence-electron chi connectivity index (χ0n) is 9.62. The monoisotopic (exact) mass is 258 g/mol. The van der Waals surface area contributed by atoms with Gasteiger partial charge in [-0.15, -0.1) is 23.4 Å². The molecule has 2 nitrogen and oxygen atoms in total. The quantitative estimate of drug-likeness (QED) is 0.472. The van der Waals surface area contributed by atoms with Crippen molar-refractivity contribution in [1.29, 1.82) is 0 Å². The van der Waals surface area contributed by atoms with Crippen molar-refractivity contribution in [1.82, 2.24) is 0 Å². The Labute approximate surface area is 105 Å². The Kier molecular flexibility index (Phi) is 4.69. The van der Waals surface area contributed by atoms with Crippen molar-refractivity contribution in [2.45, 2.75) is 23.1 Å². The predicted octanol–water partition coefficient (Wildman–Crippen LogP) is 3.12. The van der Waals surface area contributed by atoms with E-state index in [4.69, 9.17) is 11.6 Å². The van der Waals surface area contributed by atoms with Crippen molar-refractivity contribution >= 4 is 29.3 Å². The second kappa shape index (κ2) is 5.60. The molecular weight excluding hydrogens is 244 g/mol. The number of methoxy groups -OCH3 is 1. The summed E-state index contributed by atoms with van der Waals surface area (Å²) in [4.78, 5) is 11.6. The summed E-state index contributed by atoms with van der Waals surface area (Å²) in [7, 11) is 1.35. The molecule has 0 aliphatic heterocycles. The highest BCUT2D eigenvalue weighted by Gasteiger charge is 2.31. The summed E-state index contributed by atoms with van der Waals surface area (Å²) in [6.07, 6.45) is 2.49. The topological polar surface area (TPSA) is 26.3 Å². The normalized spacial score (nSPS) is 14.2. The van der Waals surface area contributed by atoms with Crippen LogP contribution in [-0.4, -0.2) is 24.2 Å². The third kappa shape index (κ3) is 3.42. The van der Waals surface area contributed by atoms with E-state index in [2.05, 4.69) is 4.74 Å². The standard InChI is InChI=1S/C12H15ClO2S/c1-12(13,11(14)15-2)8-9-4-6-10(16-3)7-5-9/h4-7H,8H2,1-3H3. The molecule has 0 fully saturated rings. The second-order valence-electron chi connectivity index (χ2n) is 3.71. The fourth-order valence-electron chi connectivity index (χ4n) is 1.41. The molecule has 0 aliphatic carbocycles. The molecule has 1 unspecified atom stereocenters. The van der Waals surface area contributed by atoms with Gasteiger partial charge in [-0.1, -0.05) is 12.1 Å². The summed E-state index contributed by atoms with van der Waals surface area (Å²) in [5, 5.41) is 0. The van der Waals surface area contributed by atoms with E-state index in [9.17, 15) is 4.79 Å². The van der Waals surface area contributed by atoms with Gasteiger partial charge in [0.05, 0.1) is 7.11 Å². The molecule has 0 aliphatic rings. The van der Waals surface area contributed by atoms with E-state index in [0.717, 1.165) is 5.56 Å². The maximum absolute atomic E-state index is 11.4. The van der Waals surface area contributed by atoms with Gasteiger partial charge < -0.3 is 4.74 Å². The molecule has 16 heavy (non-hydrogen) atoms. The average molecular weight is 259 g/mol. The number of ether oxygens (including phenoxy) is 1. The van der Waals surface area contributed by atoms with Gasteiger partial charge >= 0.3 is 5.97 Å². The number of carbonyl (C=O) groups excluding carboxylic acids is 1. The molecule has 0 amide bonds. The van der Waals surface area contributed by atoms with Crippen LogP contribution in [0.15, 0.2) is 29.2 Å². The third-order valence-corrected chi connectivity index (χ3v) is 3.34. The van der Waals surface area contributed by atoms with E-state index in [1.54, 1.807) is 18.7 Å². The Morgan fingerprint density at radius 3 is 2.44 bits per heavy atom. The van der Waals surface area contributed by atoms with Crippen molar-refractivity contribution in [3.8, 4) is 0 Å². The number of carbonyl (C=O) groups is 1. The fraction of sp³-hybridized carbons (Fsp3) is 0.417. The van der Waals surface area contributed by atoms with Gasteiger partial charge in [-0.25, -0.2) is 0 Å². The first-order valence-electron chi connectivity index (χ1n) is 4.90. The zero-order valence-corrected chi connectivity index (χ0v) is 11.2. The first kappa shape index (κ1) is 13.4. The summed E-state index contributed by atoms with van der Waals surface area (Å²) in [5.41, 5.74) is 1.03. The highest BCUT2D eigenvalue weighted by molar-refractivity contribution is 7.98. The third-order valence-electron chi connectivity index (χ3n) is 2.31. The predicted molar refractivity (Wildman–Crippen MR) is 68.2 cm³/mol. The van der Waals surface area contributed by atoms with Crippen LogP contribution >= 0.6 is 23.4 Å². The lowest BCUT2D eigenvalue weighted by atomic mass is 10.0. The maximum atomic E-state index is 11.4. The highest BCUT2D eigenvalue weighted by Crippen LogP contribution is 2.23. The van der Waals surface area contributed by atoms with Crippen LogP contribution in [0.25, 0.3) is 0 Å². The van der Waals surface area contributed by atoms with Crippen molar-refractivity contribution in [2.24, 2.45) is 0 Å². The van der Waals surface area contributed by atoms with E-state index >= 15 is 0 Å². The first-order chi connectivity index (χ1) is 7.49. The van der Waals surface area contributed by atoms with Crippen LogP contribution in [0.5, 0.6) is 0 Å². The largest absolute Gasteiger partial charge is 0.468 e. The lowest BCUT2D eigenvalue weighted by molar-refractivity contribution is -0.143. The Balaban J connectivity index is 2.76. The van der Waals surface area contributed by atoms with E-state index in [0.29, 0.717) is 6.42 Å². The van der Waals surface area contributed by atoms with Gasteiger partial charge in [0.1, 0.15) is 4.87 Å². The number of halogens is 1. The highest BCUT2D eigenvalue weighted by atomic mass is 35.5. The molecule has 1 aromatic carbocycles. The Morgan fingerprint density at radius 2 is 2.00 bits per heavy atom. The van der Waals surface area contributed by atoms with E-state index in [1.807, 2.05) is 30.5 Å². The Morgan fingerprint density at radius 1 is 1.44 bits per heavy atom. The molecule has 0 saturated carbocycles. The number of alkyl halides is 1. The van der Waals surface area contributed by atoms with Crippen LogP contribution in [0.4, 0.5) is 0 Å². The molecule has 0 heterocycles. The molecule has 88 valence electrons. The average Bonchev–Trinajstić information content (AvgIpc) is 2.28. The van der Waals surface area contributed by atoms with Crippen LogP contribution in [0.2, 0.25) is 0 Å². The molecule has 1 atom stereocenters. The molecule has 0 bridgehead atoms. The molecular formula is C12H15ClO2S. The van der Waals surface area contributed by atoms with Crippen LogP contribution < -0.4 is 0 Å². The number of hydrogen-bond acceptors (Lipinski definition) is 3. The van der Waals surface area contributed by atoms with Crippen molar-refractivity contribution in [3.63, 3.8) is 0 Å². The molecule has 4 heteroatoms. The molecule has 0 saturated heterocycles. The molecule has 0 N–H and O–H groups in total. The fourth-order valence-corrected chi connectivity index (χ4v) is 2.05. The van der Waals surface area contributed by atoms with Crippen LogP contribution in [0.1, 0.15) is 12.5 Å². The summed E-state index contributed by atoms with van der Waals surface area (Å²) < 4.78 is 4.66. The second-order valence-corrected chi connectivity index (χ2v) is 5.43. The number of benzene rings is 1. The van der Waals surface area contributed by atoms with Crippen molar-refractivity contribution < 1.29 is 9.53 Å². The van der Waals surface area contributed by atoms with Crippen LogP contribution in [0.3, 0.4) is 0 Å². The minimum Gasteiger partial charge on any atom is -0.468 e. The summed E-state index contributed by atoms with van der Waals surface area (Å²) in [6.45, 7) is 1.67.